The summed E-state index contributed by atoms with van der Waals surface area (Å²) in [7, 11) is 1.64. The first-order valence-electron chi connectivity index (χ1n) is 8.71. The molecule has 3 rings (SSSR count). The number of methoxy groups -OCH3 is 1. The Labute approximate surface area is 149 Å². The normalized spacial score (nSPS) is 19.8. The Morgan fingerprint density at radius 3 is 2.92 bits per heavy atom. The number of nitrogens with zero attached hydrogens (tertiary/aromatic N) is 3. The van der Waals surface area contributed by atoms with Crippen molar-refractivity contribution in [2.45, 2.75) is 32.6 Å². The molecule has 1 fully saturated rings. The lowest BCUT2D eigenvalue weighted by Gasteiger charge is -2.34. The Morgan fingerprint density at radius 1 is 1.36 bits per heavy atom. The predicted octanol–water partition coefficient (Wildman–Crippen LogP) is 1.94. The van der Waals surface area contributed by atoms with Crippen LogP contribution in [0.5, 0.6) is 5.75 Å². The highest BCUT2D eigenvalue weighted by Crippen LogP contribution is 2.27. The number of benzene rings is 1. The number of aryl methyl sites for hydroxylation is 2. The minimum Gasteiger partial charge on any atom is -0.496 e. The van der Waals surface area contributed by atoms with Gasteiger partial charge in [-0.2, -0.15) is 5.10 Å². The van der Waals surface area contributed by atoms with Crippen LogP contribution in [0.3, 0.4) is 0 Å². The molecule has 2 atom stereocenters. The molecule has 1 saturated heterocycles. The highest BCUT2D eigenvalue weighted by atomic mass is 16.5. The molecular formula is C19H27N3O3. The van der Waals surface area contributed by atoms with E-state index in [1.165, 1.54) is 0 Å². The van der Waals surface area contributed by atoms with Gasteiger partial charge in [0.15, 0.2) is 0 Å². The van der Waals surface area contributed by atoms with Crippen molar-refractivity contribution in [2.24, 2.45) is 0 Å². The lowest BCUT2D eigenvalue weighted by atomic mass is 10.0. The fourth-order valence-corrected chi connectivity index (χ4v) is 3.29. The number of ether oxygens (including phenoxy) is 2. The second kappa shape index (κ2) is 7.99. The van der Waals surface area contributed by atoms with E-state index in [0.29, 0.717) is 13.2 Å². The van der Waals surface area contributed by atoms with Gasteiger partial charge < -0.3 is 14.6 Å². The van der Waals surface area contributed by atoms with Gasteiger partial charge in [-0.3, -0.25) is 9.58 Å². The zero-order chi connectivity index (χ0) is 17.8. The number of hydrogen-bond donors (Lipinski definition) is 1. The van der Waals surface area contributed by atoms with Gasteiger partial charge in [0.2, 0.25) is 0 Å². The minimum atomic E-state index is -0.583. The average molecular weight is 345 g/mol. The third-order valence-corrected chi connectivity index (χ3v) is 4.55. The zero-order valence-electron chi connectivity index (χ0n) is 15.2. The number of rotatable bonds is 6. The maximum Gasteiger partial charge on any atom is 0.124 e. The Balaban J connectivity index is 1.61. The molecule has 1 aliphatic heterocycles. The van der Waals surface area contributed by atoms with Gasteiger partial charge in [-0.05, 0) is 31.5 Å². The van der Waals surface area contributed by atoms with E-state index >= 15 is 0 Å². The fraction of sp³-hybridized carbons (Fsp3) is 0.526. The van der Waals surface area contributed by atoms with Crippen molar-refractivity contribution < 1.29 is 14.6 Å². The molecule has 6 nitrogen and oxygen atoms in total. The van der Waals surface area contributed by atoms with Crippen molar-refractivity contribution in [3.8, 4) is 5.75 Å². The minimum absolute atomic E-state index is 0.0830. The van der Waals surface area contributed by atoms with Crippen LogP contribution in [-0.4, -0.2) is 59.2 Å². The first-order chi connectivity index (χ1) is 12.0. The molecule has 0 aliphatic carbocycles. The van der Waals surface area contributed by atoms with Gasteiger partial charge in [-0.25, -0.2) is 0 Å². The van der Waals surface area contributed by atoms with E-state index in [0.717, 1.165) is 42.1 Å². The Bertz CT molecular complexity index is 701. The van der Waals surface area contributed by atoms with E-state index in [4.69, 9.17) is 9.47 Å². The number of morpholine rings is 1. The lowest BCUT2D eigenvalue weighted by molar-refractivity contribution is -0.0487. The van der Waals surface area contributed by atoms with Crippen LogP contribution in [0.1, 0.15) is 22.8 Å². The lowest BCUT2D eigenvalue weighted by Crippen LogP contribution is -2.45. The van der Waals surface area contributed by atoms with E-state index in [2.05, 4.69) is 10.00 Å². The Hall–Kier alpha value is -1.89. The molecule has 1 aromatic heterocycles. The number of aromatic nitrogens is 2. The van der Waals surface area contributed by atoms with E-state index in [1.54, 1.807) is 7.11 Å². The van der Waals surface area contributed by atoms with Gasteiger partial charge in [0, 0.05) is 31.4 Å². The van der Waals surface area contributed by atoms with Crippen LogP contribution in [0.15, 0.2) is 30.6 Å². The maximum atomic E-state index is 10.7. The summed E-state index contributed by atoms with van der Waals surface area (Å²) < 4.78 is 13.2. The smallest absolute Gasteiger partial charge is 0.124 e. The summed E-state index contributed by atoms with van der Waals surface area (Å²) in [4.78, 5) is 2.25. The zero-order valence-corrected chi connectivity index (χ0v) is 15.2. The topological polar surface area (TPSA) is 59.8 Å². The Morgan fingerprint density at radius 2 is 2.20 bits per heavy atom. The van der Waals surface area contributed by atoms with Crippen LogP contribution in [0.4, 0.5) is 0 Å². The van der Waals surface area contributed by atoms with Crippen molar-refractivity contribution >= 4 is 0 Å². The molecule has 0 radical (unpaired) electrons. The molecule has 2 heterocycles. The van der Waals surface area contributed by atoms with Gasteiger partial charge in [-0.15, -0.1) is 0 Å². The van der Waals surface area contributed by atoms with Crippen LogP contribution in [0.25, 0.3) is 0 Å². The van der Waals surface area contributed by atoms with Gasteiger partial charge in [0.25, 0.3) is 0 Å². The van der Waals surface area contributed by atoms with Crippen molar-refractivity contribution in [2.75, 3.05) is 33.4 Å². The second-order valence-electron chi connectivity index (χ2n) is 6.75. The quantitative estimate of drug-likeness (QED) is 0.867. The van der Waals surface area contributed by atoms with Gasteiger partial charge in [0.05, 0.1) is 38.7 Å². The van der Waals surface area contributed by atoms with Crippen molar-refractivity contribution in [3.05, 3.63) is 47.3 Å². The van der Waals surface area contributed by atoms with Crippen LogP contribution in [-0.2, 0) is 11.3 Å². The molecule has 0 spiro atoms. The summed E-state index contributed by atoms with van der Waals surface area (Å²) in [6.07, 6.45) is 3.38. The average Bonchev–Trinajstić information content (AvgIpc) is 3.00. The van der Waals surface area contributed by atoms with Crippen molar-refractivity contribution in [3.63, 3.8) is 0 Å². The van der Waals surface area contributed by atoms with Crippen LogP contribution in [0, 0.1) is 13.8 Å². The molecule has 6 heteroatoms. The van der Waals surface area contributed by atoms with Crippen LogP contribution >= 0.6 is 0 Å². The van der Waals surface area contributed by atoms with E-state index < -0.39 is 6.10 Å². The SMILES string of the molecule is COc1ccc(C)cc1[C@H](O)CN1CCO[C@@H](Cn2cc(C)cn2)C1. The standard InChI is InChI=1S/C19H27N3O3/c1-14-4-5-19(24-3)17(8-14)18(23)13-21-6-7-25-16(11-21)12-22-10-15(2)9-20-22/h4-5,8-10,16,18,23H,6-7,11-13H2,1-3H3/t16-,18-/m1/s1. The maximum absolute atomic E-state index is 10.7. The first-order valence-corrected chi connectivity index (χ1v) is 8.71. The molecule has 0 bridgehead atoms. The number of aliphatic hydroxyl groups is 1. The van der Waals surface area contributed by atoms with Gasteiger partial charge in [0.1, 0.15) is 5.75 Å². The summed E-state index contributed by atoms with van der Waals surface area (Å²) in [6, 6.07) is 5.90. The Kier molecular flexibility index (Phi) is 5.73. The summed E-state index contributed by atoms with van der Waals surface area (Å²) in [5, 5.41) is 15.0. The number of hydrogen-bond acceptors (Lipinski definition) is 5. The highest BCUT2D eigenvalue weighted by Gasteiger charge is 2.24. The predicted molar refractivity (Wildman–Crippen MR) is 95.8 cm³/mol. The van der Waals surface area contributed by atoms with Gasteiger partial charge >= 0.3 is 0 Å². The monoisotopic (exact) mass is 345 g/mol. The first kappa shape index (κ1) is 17.9. The molecule has 25 heavy (non-hydrogen) atoms. The fourth-order valence-electron chi connectivity index (χ4n) is 3.29. The van der Waals surface area contributed by atoms with Crippen molar-refractivity contribution in [1.82, 2.24) is 14.7 Å². The van der Waals surface area contributed by atoms with Crippen LogP contribution in [0.2, 0.25) is 0 Å². The third kappa shape index (κ3) is 4.60. The molecule has 1 aliphatic rings. The largest absolute Gasteiger partial charge is 0.496 e. The highest BCUT2D eigenvalue weighted by molar-refractivity contribution is 5.38. The van der Waals surface area contributed by atoms with E-state index in [-0.39, 0.29) is 6.10 Å². The second-order valence-corrected chi connectivity index (χ2v) is 6.75. The summed E-state index contributed by atoms with van der Waals surface area (Å²) in [5.74, 6) is 0.731. The summed E-state index contributed by atoms with van der Waals surface area (Å²) >= 11 is 0. The van der Waals surface area contributed by atoms with Crippen molar-refractivity contribution in [1.29, 1.82) is 0 Å². The molecule has 0 amide bonds. The number of aliphatic hydroxyl groups excluding tert-OH is 1. The van der Waals surface area contributed by atoms with Crippen LogP contribution < -0.4 is 4.74 Å². The summed E-state index contributed by atoms with van der Waals surface area (Å²) in [5.41, 5.74) is 3.10. The third-order valence-electron chi connectivity index (χ3n) is 4.55. The molecule has 136 valence electrons. The molecule has 0 saturated carbocycles. The molecule has 1 aromatic carbocycles. The molecule has 0 unspecified atom stereocenters. The molecule has 1 N–H and O–H groups in total. The van der Waals surface area contributed by atoms with Gasteiger partial charge in [-0.1, -0.05) is 11.6 Å². The molecule has 2 aromatic rings. The summed E-state index contributed by atoms with van der Waals surface area (Å²) in [6.45, 7) is 7.62. The van der Waals surface area contributed by atoms with E-state index in [9.17, 15) is 5.11 Å². The number of β-amino-alcohol motifs (C(OH)–C–C–N with tert-alkyl or cyclic N) is 1. The van der Waals surface area contributed by atoms with E-state index in [1.807, 2.05) is 49.1 Å². The molecular weight excluding hydrogens is 318 g/mol.